The van der Waals surface area contributed by atoms with E-state index in [-0.39, 0.29) is 10.3 Å². The van der Waals surface area contributed by atoms with Gasteiger partial charge in [-0.2, -0.15) is 13.2 Å². The predicted molar refractivity (Wildman–Crippen MR) is 120 cm³/mol. The molecule has 1 fully saturated rings. The highest BCUT2D eigenvalue weighted by Crippen LogP contribution is 2.52. The Morgan fingerprint density at radius 1 is 1.12 bits per heavy atom. The lowest BCUT2D eigenvalue weighted by Gasteiger charge is -2.17. The van der Waals surface area contributed by atoms with Crippen molar-refractivity contribution in [2.24, 2.45) is 5.41 Å². The van der Waals surface area contributed by atoms with Crippen LogP contribution in [0.15, 0.2) is 47.4 Å². The minimum atomic E-state index is -4.21. The maximum Gasteiger partial charge on any atom is 0.294 e. The van der Waals surface area contributed by atoms with Gasteiger partial charge in [0.1, 0.15) is 5.75 Å². The van der Waals surface area contributed by atoms with Gasteiger partial charge in [0.25, 0.3) is 10.1 Å². The third kappa shape index (κ3) is 5.34. The molecule has 0 aliphatic heterocycles. The van der Waals surface area contributed by atoms with Crippen LogP contribution in [-0.2, 0) is 23.1 Å². The Hall–Kier alpha value is -2.78. The van der Waals surface area contributed by atoms with E-state index in [0.29, 0.717) is 31.0 Å². The van der Waals surface area contributed by atoms with Crippen molar-refractivity contribution >= 4 is 10.1 Å². The van der Waals surface area contributed by atoms with E-state index in [9.17, 15) is 13.0 Å². The third-order valence-corrected chi connectivity index (χ3v) is 7.08. The molecule has 0 radical (unpaired) electrons. The lowest BCUT2D eigenvalue weighted by atomic mass is 9.93. The van der Waals surface area contributed by atoms with Gasteiger partial charge in [-0.3, -0.25) is 4.55 Å². The van der Waals surface area contributed by atoms with Gasteiger partial charge < -0.3 is 4.74 Å². The molecule has 1 aromatic heterocycles. The number of aryl methyl sites for hydroxylation is 3. The highest BCUT2D eigenvalue weighted by Gasteiger charge is 2.41. The molecule has 32 heavy (non-hydrogen) atoms. The number of hydrogen-bond donors (Lipinski definition) is 1. The van der Waals surface area contributed by atoms with Crippen LogP contribution < -0.4 is 4.74 Å². The van der Waals surface area contributed by atoms with Gasteiger partial charge >= 0.3 is 0 Å². The maximum atomic E-state index is 11.7. The SMILES string of the molecule is CCn1nnc(-c2ccc(OCCC3(CCc4cc(C)ccc4S(=O)(=O)O)CC3)cc2)n1. The molecule has 0 unspecified atom stereocenters. The van der Waals surface area contributed by atoms with Crippen LogP contribution >= 0.6 is 0 Å². The second kappa shape index (κ2) is 8.99. The van der Waals surface area contributed by atoms with Gasteiger partial charge in [-0.15, -0.1) is 10.2 Å². The Bertz CT molecular complexity index is 1180. The van der Waals surface area contributed by atoms with Crippen molar-refractivity contribution in [1.82, 2.24) is 20.2 Å². The predicted octanol–water partition coefficient (Wildman–Crippen LogP) is 4.10. The summed E-state index contributed by atoms with van der Waals surface area (Å²) in [5.41, 5.74) is 2.74. The number of benzene rings is 2. The maximum absolute atomic E-state index is 11.7. The van der Waals surface area contributed by atoms with Crippen LogP contribution in [0.1, 0.15) is 43.7 Å². The molecule has 1 N–H and O–H groups in total. The van der Waals surface area contributed by atoms with Crippen LogP contribution in [0.5, 0.6) is 5.75 Å². The summed E-state index contributed by atoms with van der Waals surface area (Å²) in [7, 11) is -4.21. The zero-order chi connectivity index (χ0) is 22.8. The second-order valence-electron chi connectivity index (χ2n) is 8.51. The van der Waals surface area contributed by atoms with Crippen molar-refractivity contribution < 1.29 is 17.7 Å². The van der Waals surface area contributed by atoms with Crippen LogP contribution in [0.2, 0.25) is 0 Å². The second-order valence-corrected chi connectivity index (χ2v) is 9.90. The van der Waals surface area contributed by atoms with Crippen LogP contribution in [0.3, 0.4) is 0 Å². The van der Waals surface area contributed by atoms with Gasteiger partial charge in [-0.25, -0.2) is 0 Å². The molecule has 9 heteroatoms. The highest BCUT2D eigenvalue weighted by molar-refractivity contribution is 7.85. The Balaban J connectivity index is 1.31. The van der Waals surface area contributed by atoms with Crippen LogP contribution in [-0.4, -0.2) is 39.8 Å². The summed E-state index contributed by atoms with van der Waals surface area (Å²) >= 11 is 0. The summed E-state index contributed by atoms with van der Waals surface area (Å²) in [4.78, 5) is 1.56. The molecule has 0 bridgehead atoms. The lowest BCUT2D eigenvalue weighted by molar-refractivity contribution is 0.262. The van der Waals surface area contributed by atoms with Crippen molar-refractivity contribution in [3.8, 4) is 17.1 Å². The molecule has 170 valence electrons. The van der Waals surface area contributed by atoms with E-state index in [2.05, 4.69) is 15.4 Å². The molecule has 1 aliphatic rings. The summed E-state index contributed by atoms with van der Waals surface area (Å²) in [6, 6.07) is 12.7. The molecule has 8 nitrogen and oxygen atoms in total. The molecule has 1 aliphatic carbocycles. The van der Waals surface area contributed by atoms with Crippen molar-refractivity contribution in [1.29, 1.82) is 0 Å². The van der Waals surface area contributed by atoms with Crippen molar-refractivity contribution in [3.05, 3.63) is 53.6 Å². The van der Waals surface area contributed by atoms with E-state index < -0.39 is 10.1 Å². The van der Waals surface area contributed by atoms with Crippen molar-refractivity contribution in [2.45, 2.75) is 57.4 Å². The number of nitrogens with zero attached hydrogens (tertiary/aromatic N) is 4. The Morgan fingerprint density at radius 3 is 2.50 bits per heavy atom. The first-order valence-corrected chi connectivity index (χ1v) is 12.3. The highest BCUT2D eigenvalue weighted by atomic mass is 32.2. The fraction of sp³-hybridized carbons (Fsp3) is 0.435. The van der Waals surface area contributed by atoms with Gasteiger partial charge in [0.05, 0.1) is 18.0 Å². The average molecular weight is 457 g/mol. The molecule has 3 aromatic rings. The van der Waals surface area contributed by atoms with E-state index in [0.717, 1.165) is 42.6 Å². The number of rotatable bonds is 10. The number of hydrogen-bond acceptors (Lipinski definition) is 6. The van der Waals surface area contributed by atoms with Gasteiger partial charge in [-0.05, 0) is 92.5 Å². The molecule has 0 spiro atoms. The first-order valence-electron chi connectivity index (χ1n) is 10.9. The Kier molecular flexibility index (Phi) is 6.30. The fourth-order valence-electron chi connectivity index (χ4n) is 3.94. The van der Waals surface area contributed by atoms with Crippen LogP contribution in [0, 0.1) is 12.3 Å². The zero-order valence-electron chi connectivity index (χ0n) is 18.4. The van der Waals surface area contributed by atoms with Gasteiger partial charge in [-0.1, -0.05) is 17.7 Å². The Morgan fingerprint density at radius 2 is 1.88 bits per heavy atom. The molecule has 0 amide bonds. The lowest BCUT2D eigenvalue weighted by Crippen LogP contribution is -2.11. The quantitative estimate of drug-likeness (QED) is 0.458. The van der Waals surface area contributed by atoms with Crippen molar-refractivity contribution in [3.63, 3.8) is 0 Å². The first kappa shape index (κ1) is 22.4. The number of ether oxygens (including phenoxy) is 1. The molecule has 0 atom stereocenters. The van der Waals surface area contributed by atoms with Gasteiger partial charge in [0.15, 0.2) is 0 Å². The van der Waals surface area contributed by atoms with Gasteiger partial charge in [0.2, 0.25) is 5.82 Å². The van der Waals surface area contributed by atoms with E-state index in [4.69, 9.17) is 4.74 Å². The summed E-state index contributed by atoms with van der Waals surface area (Å²) in [6.45, 7) is 5.16. The van der Waals surface area contributed by atoms with Crippen molar-refractivity contribution in [2.75, 3.05) is 6.61 Å². The molecular weight excluding hydrogens is 428 g/mol. The standard InChI is InChI=1S/C23H28N4O4S/c1-3-27-25-22(24-26-27)18-5-7-20(8-6-18)31-15-14-23(12-13-23)11-10-19-16-17(2)4-9-21(19)32(28,29)30/h4-9,16H,3,10-15H2,1-2H3,(H,28,29,30). The molecule has 1 saturated carbocycles. The smallest absolute Gasteiger partial charge is 0.294 e. The normalized spacial score (nSPS) is 15.0. The van der Waals surface area contributed by atoms with E-state index >= 15 is 0 Å². The zero-order valence-corrected chi connectivity index (χ0v) is 19.2. The molecule has 0 saturated heterocycles. The monoisotopic (exact) mass is 456 g/mol. The van der Waals surface area contributed by atoms with E-state index in [1.54, 1.807) is 10.9 Å². The Labute approximate surface area is 188 Å². The summed E-state index contributed by atoms with van der Waals surface area (Å²) < 4.78 is 38.8. The number of tetrazole rings is 1. The molecule has 2 aromatic carbocycles. The summed E-state index contributed by atoms with van der Waals surface area (Å²) in [6.07, 6.45) is 4.63. The molecule has 1 heterocycles. The largest absolute Gasteiger partial charge is 0.494 e. The summed E-state index contributed by atoms with van der Waals surface area (Å²) in [5, 5.41) is 12.3. The topological polar surface area (TPSA) is 107 Å². The minimum absolute atomic E-state index is 0.0173. The fourth-order valence-corrected chi connectivity index (χ4v) is 4.67. The molecule has 4 rings (SSSR count). The van der Waals surface area contributed by atoms with Crippen LogP contribution in [0.4, 0.5) is 0 Å². The first-order chi connectivity index (χ1) is 15.3. The number of aromatic nitrogens is 4. The minimum Gasteiger partial charge on any atom is -0.494 e. The third-order valence-electron chi connectivity index (χ3n) is 6.12. The summed E-state index contributed by atoms with van der Waals surface area (Å²) in [5.74, 6) is 1.38. The average Bonchev–Trinajstić information content (AvgIpc) is 3.36. The van der Waals surface area contributed by atoms with Crippen LogP contribution in [0.25, 0.3) is 11.4 Å². The van der Waals surface area contributed by atoms with Gasteiger partial charge in [0, 0.05) is 5.56 Å². The van der Waals surface area contributed by atoms with E-state index in [1.165, 1.54) is 6.07 Å². The van der Waals surface area contributed by atoms with E-state index in [1.807, 2.05) is 44.2 Å². The molecular formula is C23H28N4O4S.